The van der Waals surface area contributed by atoms with Gasteiger partial charge in [0.05, 0.1) is 5.69 Å². The number of nitrogen functional groups attached to an aromatic ring is 1. The lowest BCUT2D eigenvalue weighted by atomic mass is 9.81. The predicted octanol–water partition coefficient (Wildman–Crippen LogP) is 2.31. The van der Waals surface area contributed by atoms with Gasteiger partial charge in [0.2, 0.25) is 5.91 Å². The number of carbonyl (C=O) groups is 2. The molecule has 0 spiro atoms. The Kier molecular flexibility index (Phi) is 6.54. The Hall–Kier alpha value is -3.16. The van der Waals surface area contributed by atoms with E-state index in [4.69, 9.17) is 11.5 Å². The molecule has 1 aliphatic carbocycles. The molecule has 7 nitrogen and oxygen atoms in total. The first-order valence-corrected chi connectivity index (χ1v) is 10.1. The Balaban J connectivity index is 0.000000239. The van der Waals surface area contributed by atoms with Gasteiger partial charge in [0.25, 0.3) is 5.91 Å². The molecule has 2 heterocycles. The van der Waals surface area contributed by atoms with Gasteiger partial charge in [-0.1, -0.05) is 12.6 Å². The van der Waals surface area contributed by atoms with Crippen molar-refractivity contribution in [2.24, 2.45) is 12.8 Å². The summed E-state index contributed by atoms with van der Waals surface area (Å²) >= 11 is 0. The second-order valence-corrected chi connectivity index (χ2v) is 7.72. The van der Waals surface area contributed by atoms with Gasteiger partial charge in [-0.25, -0.2) is 4.39 Å². The van der Waals surface area contributed by atoms with Crippen molar-refractivity contribution in [3.05, 3.63) is 59.1 Å². The van der Waals surface area contributed by atoms with Crippen LogP contribution in [0.25, 0.3) is 0 Å². The smallest absolute Gasteiger partial charge is 0.254 e. The van der Waals surface area contributed by atoms with Crippen LogP contribution in [0.1, 0.15) is 52.4 Å². The summed E-state index contributed by atoms with van der Waals surface area (Å²) in [5.41, 5.74) is 14.4. The Morgan fingerprint density at radius 3 is 2.60 bits per heavy atom. The second-order valence-electron chi connectivity index (χ2n) is 7.72. The van der Waals surface area contributed by atoms with Gasteiger partial charge >= 0.3 is 0 Å². The van der Waals surface area contributed by atoms with Crippen molar-refractivity contribution in [2.45, 2.75) is 38.0 Å². The molecule has 1 aromatic carbocycles. The lowest BCUT2D eigenvalue weighted by Gasteiger charge is -2.23. The van der Waals surface area contributed by atoms with Crippen molar-refractivity contribution < 1.29 is 14.0 Å². The van der Waals surface area contributed by atoms with E-state index in [1.807, 2.05) is 4.90 Å². The SMILES string of the molecule is C=CC(=O)N1CCCC1.Cn1nc(C2CCc3cc(F)ccc3C2)c(C(N)=O)c1N. The van der Waals surface area contributed by atoms with Crippen LogP contribution < -0.4 is 11.5 Å². The number of amides is 2. The van der Waals surface area contributed by atoms with Gasteiger partial charge in [0.15, 0.2) is 0 Å². The minimum Gasteiger partial charge on any atom is -0.383 e. The van der Waals surface area contributed by atoms with Gasteiger partial charge in [-0.2, -0.15) is 5.10 Å². The zero-order valence-electron chi connectivity index (χ0n) is 17.2. The number of carbonyl (C=O) groups excluding carboxylic acids is 2. The molecule has 1 fully saturated rings. The van der Waals surface area contributed by atoms with Crippen molar-refractivity contribution in [1.82, 2.24) is 14.7 Å². The molecule has 8 heteroatoms. The summed E-state index contributed by atoms with van der Waals surface area (Å²) in [6, 6.07) is 4.84. The number of rotatable bonds is 3. The van der Waals surface area contributed by atoms with Crippen molar-refractivity contribution >= 4 is 17.6 Å². The fraction of sp³-hybridized carbons (Fsp3) is 0.409. The van der Waals surface area contributed by atoms with Gasteiger partial charge in [0.1, 0.15) is 17.2 Å². The Bertz CT molecular complexity index is 963. The highest BCUT2D eigenvalue weighted by atomic mass is 19.1. The Morgan fingerprint density at radius 1 is 1.27 bits per heavy atom. The monoisotopic (exact) mass is 413 g/mol. The Labute approximate surface area is 175 Å². The molecule has 1 aromatic heterocycles. The molecular formula is C22H28FN5O2. The fourth-order valence-corrected chi connectivity index (χ4v) is 4.12. The zero-order valence-corrected chi connectivity index (χ0v) is 17.2. The van der Waals surface area contributed by atoms with Crippen LogP contribution in [0.3, 0.4) is 0 Å². The topological polar surface area (TPSA) is 107 Å². The van der Waals surface area contributed by atoms with Crippen molar-refractivity contribution in [3.63, 3.8) is 0 Å². The molecule has 1 aliphatic heterocycles. The summed E-state index contributed by atoms with van der Waals surface area (Å²) in [5.74, 6) is -0.323. The van der Waals surface area contributed by atoms with Crippen molar-refractivity contribution in [2.75, 3.05) is 18.8 Å². The number of likely N-dealkylation sites (tertiary alicyclic amines) is 1. The lowest BCUT2D eigenvalue weighted by molar-refractivity contribution is -0.124. The molecule has 4 N–H and O–H groups in total. The molecular weight excluding hydrogens is 385 g/mol. The first-order valence-electron chi connectivity index (χ1n) is 10.1. The number of aromatic nitrogens is 2. The molecule has 0 bridgehead atoms. The number of nitrogens with two attached hydrogens (primary N) is 2. The first-order chi connectivity index (χ1) is 14.3. The Morgan fingerprint density at radius 2 is 1.97 bits per heavy atom. The van der Waals surface area contributed by atoms with Gasteiger partial charge in [0, 0.05) is 26.1 Å². The number of fused-ring (bicyclic) bond motifs is 1. The van der Waals surface area contributed by atoms with Gasteiger partial charge < -0.3 is 16.4 Å². The molecule has 0 saturated carbocycles. The van der Waals surface area contributed by atoms with E-state index >= 15 is 0 Å². The van der Waals surface area contributed by atoms with Crippen LogP contribution in [0.5, 0.6) is 0 Å². The number of primary amides is 1. The number of anilines is 1. The predicted molar refractivity (Wildman–Crippen MR) is 113 cm³/mol. The molecule has 2 amide bonds. The van der Waals surface area contributed by atoms with Gasteiger partial charge in [-0.3, -0.25) is 14.3 Å². The average molecular weight is 413 g/mol. The molecule has 4 rings (SSSR count). The van der Waals surface area contributed by atoms with E-state index in [1.54, 1.807) is 19.2 Å². The fourth-order valence-electron chi connectivity index (χ4n) is 4.12. The maximum Gasteiger partial charge on any atom is 0.254 e. The van der Waals surface area contributed by atoms with Crippen LogP contribution in [0.2, 0.25) is 0 Å². The van der Waals surface area contributed by atoms with Gasteiger partial charge in [-0.15, -0.1) is 0 Å². The number of hydrogen-bond acceptors (Lipinski definition) is 4. The zero-order chi connectivity index (χ0) is 21.8. The van der Waals surface area contributed by atoms with Crippen LogP contribution in [0, 0.1) is 5.82 Å². The lowest BCUT2D eigenvalue weighted by Crippen LogP contribution is -2.25. The highest BCUT2D eigenvalue weighted by molar-refractivity contribution is 5.98. The van der Waals surface area contributed by atoms with E-state index in [0.717, 1.165) is 49.9 Å². The average Bonchev–Trinajstić information content (AvgIpc) is 3.36. The quantitative estimate of drug-likeness (QED) is 0.753. The van der Waals surface area contributed by atoms with E-state index in [2.05, 4.69) is 11.7 Å². The van der Waals surface area contributed by atoms with Crippen molar-refractivity contribution in [1.29, 1.82) is 0 Å². The molecule has 1 unspecified atom stereocenters. The number of hydrogen-bond donors (Lipinski definition) is 2. The van der Waals surface area contributed by atoms with Crippen LogP contribution in [-0.2, 0) is 24.7 Å². The maximum atomic E-state index is 13.2. The van der Waals surface area contributed by atoms with Crippen LogP contribution >= 0.6 is 0 Å². The number of benzene rings is 1. The second kappa shape index (κ2) is 9.11. The largest absolute Gasteiger partial charge is 0.383 e. The molecule has 160 valence electrons. The molecule has 2 aromatic rings. The van der Waals surface area contributed by atoms with Crippen LogP contribution in [0.15, 0.2) is 30.9 Å². The minimum atomic E-state index is -0.555. The summed E-state index contributed by atoms with van der Waals surface area (Å²) in [7, 11) is 1.69. The summed E-state index contributed by atoms with van der Waals surface area (Å²) in [6.07, 6.45) is 5.95. The van der Waals surface area contributed by atoms with E-state index < -0.39 is 5.91 Å². The minimum absolute atomic E-state index is 0.0764. The molecule has 1 atom stereocenters. The molecule has 2 aliphatic rings. The summed E-state index contributed by atoms with van der Waals surface area (Å²) in [6.45, 7) is 5.26. The highest BCUT2D eigenvalue weighted by Crippen LogP contribution is 2.35. The summed E-state index contributed by atoms with van der Waals surface area (Å²) in [5, 5.41) is 4.36. The third-order valence-corrected chi connectivity index (χ3v) is 5.74. The summed E-state index contributed by atoms with van der Waals surface area (Å²) < 4.78 is 14.7. The number of halogens is 1. The standard InChI is InChI=1S/C15H17FN4O.C7H11NO/c1-20-14(17)12(15(18)21)13(19-20)10-3-2-9-7-11(16)5-4-8(9)6-10;1-2-7(9)8-5-3-4-6-8/h4-5,7,10H,2-3,6,17H2,1H3,(H2,18,21);2H,1,3-6H2. The van der Waals surface area contributed by atoms with E-state index in [1.165, 1.54) is 16.8 Å². The number of nitrogens with zero attached hydrogens (tertiary/aromatic N) is 3. The van der Waals surface area contributed by atoms with E-state index in [-0.39, 0.29) is 17.6 Å². The molecule has 0 radical (unpaired) electrons. The van der Waals surface area contributed by atoms with E-state index in [9.17, 15) is 14.0 Å². The number of aryl methyl sites for hydroxylation is 2. The molecule has 30 heavy (non-hydrogen) atoms. The highest BCUT2D eigenvalue weighted by Gasteiger charge is 2.28. The normalized spacial score (nSPS) is 17.7. The third-order valence-electron chi connectivity index (χ3n) is 5.74. The van der Waals surface area contributed by atoms with Crippen LogP contribution in [0.4, 0.5) is 10.2 Å². The maximum absolute atomic E-state index is 13.2. The van der Waals surface area contributed by atoms with Gasteiger partial charge in [-0.05, 0) is 61.4 Å². The first kappa shape index (κ1) is 21.5. The van der Waals surface area contributed by atoms with Crippen molar-refractivity contribution in [3.8, 4) is 0 Å². The van der Waals surface area contributed by atoms with Crippen LogP contribution in [-0.4, -0.2) is 39.6 Å². The summed E-state index contributed by atoms with van der Waals surface area (Å²) in [4.78, 5) is 24.3. The van der Waals surface area contributed by atoms with E-state index in [0.29, 0.717) is 23.5 Å². The third kappa shape index (κ3) is 4.53. The molecule has 1 saturated heterocycles.